The Kier molecular flexibility index (Phi) is 6.23. The molecule has 0 unspecified atom stereocenters. The topological polar surface area (TPSA) is 38.7 Å². The molecule has 15 heavy (non-hydrogen) atoms. The Labute approximate surface area is 94.4 Å². The monoisotopic (exact) mass is 228 g/mol. The van der Waals surface area contributed by atoms with E-state index in [2.05, 4.69) is 0 Å². The van der Waals surface area contributed by atoms with Gasteiger partial charge in [-0.3, -0.25) is 0 Å². The molecule has 1 aromatic rings. The first-order valence-electron chi connectivity index (χ1n) is 4.91. The van der Waals surface area contributed by atoms with Gasteiger partial charge in [-0.1, -0.05) is 12.1 Å². The van der Waals surface area contributed by atoms with Crippen molar-refractivity contribution >= 4 is 11.8 Å². The summed E-state index contributed by atoms with van der Waals surface area (Å²) in [6.45, 7) is 3.57. The molecular formula is C11H16O3S. The third-order valence-electron chi connectivity index (χ3n) is 1.72. The maximum absolute atomic E-state index is 9.46. The van der Waals surface area contributed by atoms with Crippen LogP contribution in [0.1, 0.15) is 6.92 Å². The first kappa shape index (κ1) is 12.4. The van der Waals surface area contributed by atoms with Gasteiger partial charge in [0.05, 0.1) is 6.61 Å². The minimum Gasteiger partial charge on any atom is -0.507 e. The van der Waals surface area contributed by atoms with Crippen molar-refractivity contribution in [3.05, 3.63) is 24.3 Å². The van der Waals surface area contributed by atoms with Crippen molar-refractivity contribution < 1.29 is 14.6 Å². The fourth-order valence-electron chi connectivity index (χ4n) is 0.991. The molecule has 0 aliphatic rings. The van der Waals surface area contributed by atoms with E-state index in [4.69, 9.17) is 9.47 Å². The minimum absolute atomic E-state index is 0.326. The molecule has 0 saturated carbocycles. The van der Waals surface area contributed by atoms with E-state index >= 15 is 0 Å². The summed E-state index contributed by atoms with van der Waals surface area (Å²) in [5.74, 6) is 1.14. The molecule has 0 aromatic heterocycles. The SMILES string of the molecule is CCOCOCCSc1ccccc1O. The van der Waals surface area contributed by atoms with Gasteiger partial charge in [0, 0.05) is 17.3 Å². The normalized spacial score (nSPS) is 10.5. The summed E-state index contributed by atoms with van der Waals surface area (Å²) in [5, 5.41) is 9.46. The summed E-state index contributed by atoms with van der Waals surface area (Å²) in [4.78, 5) is 0.887. The smallest absolute Gasteiger partial charge is 0.146 e. The summed E-state index contributed by atoms with van der Waals surface area (Å²) in [6, 6.07) is 7.29. The summed E-state index contributed by atoms with van der Waals surface area (Å²) < 4.78 is 10.2. The Balaban J connectivity index is 2.12. The third-order valence-corrected chi connectivity index (χ3v) is 2.75. The van der Waals surface area contributed by atoms with Gasteiger partial charge in [0.25, 0.3) is 0 Å². The van der Waals surface area contributed by atoms with Crippen LogP contribution in [0.15, 0.2) is 29.2 Å². The van der Waals surface area contributed by atoms with E-state index in [9.17, 15) is 5.11 Å². The lowest BCUT2D eigenvalue weighted by Gasteiger charge is -2.05. The molecule has 0 saturated heterocycles. The van der Waals surface area contributed by atoms with Crippen LogP contribution in [0.5, 0.6) is 5.75 Å². The van der Waals surface area contributed by atoms with Crippen LogP contribution in [-0.4, -0.2) is 30.9 Å². The molecule has 0 fully saturated rings. The van der Waals surface area contributed by atoms with Gasteiger partial charge in [0.15, 0.2) is 0 Å². The predicted molar refractivity (Wildman–Crippen MR) is 61.3 cm³/mol. The van der Waals surface area contributed by atoms with E-state index in [1.54, 1.807) is 17.8 Å². The number of phenols is 1. The minimum atomic E-state index is 0.326. The summed E-state index contributed by atoms with van der Waals surface area (Å²) in [5.41, 5.74) is 0. The van der Waals surface area contributed by atoms with Gasteiger partial charge in [0.2, 0.25) is 0 Å². The lowest BCUT2D eigenvalue weighted by molar-refractivity contribution is -0.0435. The van der Waals surface area contributed by atoms with Crippen LogP contribution >= 0.6 is 11.8 Å². The number of thioether (sulfide) groups is 1. The number of para-hydroxylation sites is 1. The molecule has 1 aromatic carbocycles. The molecule has 0 bridgehead atoms. The number of phenolic OH excluding ortho intramolecular Hbond substituents is 1. The highest BCUT2D eigenvalue weighted by molar-refractivity contribution is 7.99. The molecule has 0 aliphatic heterocycles. The number of aromatic hydroxyl groups is 1. The van der Waals surface area contributed by atoms with Gasteiger partial charge in [-0.25, -0.2) is 0 Å². The Morgan fingerprint density at radius 1 is 1.27 bits per heavy atom. The zero-order valence-electron chi connectivity index (χ0n) is 8.81. The maximum Gasteiger partial charge on any atom is 0.146 e. The van der Waals surface area contributed by atoms with Crippen LogP contribution in [0.2, 0.25) is 0 Å². The Morgan fingerprint density at radius 3 is 2.80 bits per heavy atom. The van der Waals surface area contributed by atoms with Crippen LogP contribution in [0.3, 0.4) is 0 Å². The van der Waals surface area contributed by atoms with Gasteiger partial charge in [-0.05, 0) is 19.1 Å². The average Bonchev–Trinajstić information content (AvgIpc) is 2.25. The highest BCUT2D eigenvalue weighted by Crippen LogP contribution is 2.27. The molecule has 0 spiro atoms. The van der Waals surface area contributed by atoms with E-state index < -0.39 is 0 Å². The van der Waals surface area contributed by atoms with Crippen molar-refractivity contribution in [2.75, 3.05) is 25.8 Å². The molecular weight excluding hydrogens is 212 g/mol. The first-order chi connectivity index (χ1) is 7.34. The van der Waals surface area contributed by atoms with E-state index in [1.807, 2.05) is 25.1 Å². The second kappa shape index (κ2) is 7.56. The van der Waals surface area contributed by atoms with E-state index in [0.29, 0.717) is 25.8 Å². The van der Waals surface area contributed by atoms with Crippen molar-refractivity contribution in [3.8, 4) is 5.75 Å². The number of hydrogen-bond acceptors (Lipinski definition) is 4. The standard InChI is InChI=1S/C11H16O3S/c1-2-13-9-14-7-8-15-11-6-4-3-5-10(11)12/h3-6,12H,2,7-9H2,1H3. The van der Waals surface area contributed by atoms with Gasteiger partial charge in [-0.2, -0.15) is 0 Å². The Bertz CT molecular complexity index is 278. The molecule has 1 rings (SSSR count). The Morgan fingerprint density at radius 2 is 2.07 bits per heavy atom. The van der Waals surface area contributed by atoms with Crippen LogP contribution in [-0.2, 0) is 9.47 Å². The van der Waals surface area contributed by atoms with Crippen molar-refractivity contribution in [3.63, 3.8) is 0 Å². The van der Waals surface area contributed by atoms with Gasteiger partial charge in [-0.15, -0.1) is 11.8 Å². The predicted octanol–water partition coefficient (Wildman–Crippen LogP) is 2.49. The molecule has 3 nitrogen and oxygen atoms in total. The molecule has 84 valence electrons. The summed E-state index contributed by atoms with van der Waals surface area (Å²) in [6.07, 6.45) is 0. The molecule has 1 N–H and O–H groups in total. The van der Waals surface area contributed by atoms with E-state index in [-0.39, 0.29) is 0 Å². The quantitative estimate of drug-likeness (QED) is 0.442. The zero-order chi connectivity index (χ0) is 10.9. The lowest BCUT2D eigenvalue weighted by Crippen LogP contribution is -2.02. The number of ether oxygens (including phenoxy) is 2. The highest BCUT2D eigenvalue weighted by Gasteiger charge is 1.99. The first-order valence-corrected chi connectivity index (χ1v) is 5.89. The maximum atomic E-state index is 9.46. The largest absolute Gasteiger partial charge is 0.507 e. The summed E-state index contributed by atoms with van der Waals surface area (Å²) in [7, 11) is 0. The average molecular weight is 228 g/mol. The second-order valence-electron chi connectivity index (χ2n) is 2.84. The number of benzene rings is 1. The van der Waals surface area contributed by atoms with Crippen LogP contribution < -0.4 is 0 Å². The lowest BCUT2D eigenvalue weighted by atomic mass is 10.3. The Hall–Kier alpha value is -0.710. The molecule has 0 heterocycles. The molecule has 0 radical (unpaired) electrons. The molecule has 0 aliphatic carbocycles. The van der Waals surface area contributed by atoms with Gasteiger partial charge < -0.3 is 14.6 Å². The fourth-order valence-corrected chi connectivity index (χ4v) is 1.80. The van der Waals surface area contributed by atoms with Crippen LogP contribution in [0.25, 0.3) is 0 Å². The van der Waals surface area contributed by atoms with E-state index in [0.717, 1.165) is 10.6 Å². The fraction of sp³-hybridized carbons (Fsp3) is 0.455. The van der Waals surface area contributed by atoms with Crippen molar-refractivity contribution in [1.82, 2.24) is 0 Å². The van der Waals surface area contributed by atoms with E-state index in [1.165, 1.54) is 0 Å². The second-order valence-corrected chi connectivity index (χ2v) is 3.97. The molecule has 0 amide bonds. The molecule has 0 atom stereocenters. The van der Waals surface area contributed by atoms with Crippen molar-refractivity contribution in [2.24, 2.45) is 0 Å². The third kappa shape index (κ3) is 5.06. The van der Waals surface area contributed by atoms with Gasteiger partial charge >= 0.3 is 0 Å². The highest BCUT2D eigenvalue weighted by atomic mass is 32.2. The number of hydrogen-bond donors (Lipinski definition) is 1. The van der Waals surface area contributed by atoms with Crippen molar-refractivity contribution in [2.45, 2.75) is 11.8 Å². The molecule has 4 heteroatoms. The number of rotatable bonds is 7. The summed E-state index contributed by atoms with van der Waals surface area (Å²) >= 11 is 1.57. The van der Waals surface area contributed by atoms with Gasteiger partial charge in [0.1, 0.15) is 12.5 Å². The van der Waals surface area contributed by atoms with Crippen molar-refractivity contribution in [1.29, 1.82) is 0 Å². The van der Waals surface area contributed by atoms with Crippen LogP contribution in [0, 0.1) is 0 Å². The van der Waals surface area contributed by atoms with Crippen LogP contribution in [0.4, 0.5) is 0 Å². The zero-order valence-corrected chi connectivity index (χ0v) is 9.63.